The first-order chi connectivity index (χ1) is 16.8. The molecule has 0 aliphatic heterocycles. The molecule has 0 radical (unpaired) electrons. The highest BCUT2D eigenvalue weighted by Gasteiger charge is 2.32. The number of ether oxygens (including phenoxy) is 2. The van der Waals surface area contributed by atoms with Crippen LogP contribution in [-0.2, 0) is 36.7 Å². The summed E-state index contributed by atoms with van der Waals surface area (Å²) in [5, 5.41) is 2.23. The summed E-state index contributed by atoms with van der Waals surface area (Å²) in [5.74, 6) is -1.08. The second-order valence-corrected chi connectivity index (χ2v) is 8.92. The summed E-state index contributed by atoms with van der Waals surface area (Å²) < 4.78 is 9.83. The van der Waals surface area contributed by atoms with E-state index < -0.39 is 18.0 Å². The van der Waals surface area contributed by atoms with E-state index in [1.807, 2.05) is 60.7 Å². The summed E-state index contributed by atoms with van der Waals surface area (Å²) in [7, 11) is 2.55. The lowest BCUT2D eigenvalue weighted by Gasteiger charge is -2.29. The van der Waals surface area contributed by atoms with E-state index in [0.717, 1.165) is 21.9 Å². The molecular formula is C29H33NO5. The second kappa shape index (κ2) is 12.2. The quantitative estimate of drug-likeness (QED) is 0.398. The van der Waals surface area contributed by atoms with E-state index in [-0.39, 0.29) is 25.3 Å². The minimum Gasteiger partial charge on any atom is -0.468 e. The lowest BCUT2D eigenvalue weighted by Crippen LogP contribution is -2.49. The van der Waals surface area contributed by atoms with Gasteiger partial charge in [-0.3, -0.25) is 9.59 Å². The number of esters is 2. The molecule has 0 bridgehead atoms. The van der Waals surface area contributed by atoms with Crippen molar-refractivity contribution in [1.29, 1.82) is 0 Å². The van der Waals surface area contributed by atoms with Crippen LogP contribution in [0.15, 0.2) is 66.7 Å². The van der Waals surface area contributed by atoms with Gasteiger partial charge in [-0.15, -0.1) is 0 Å². The van der Waals surface area contributed by atoms with E-state index in [0.29, 0.717) is 12.3 Å². The number of rotatable bonds is 10. The van der Waals surface area contributed by atoms with Crippen LogP contribution in [0.1, 0.15) is 42.9 Å². The van der Waals surface area contributed by atoms with Gasteiger partial charge in [0.1, 0.15) is 12.6 Å². The Kier molecular flexibility index (Phi) is 9.01. The number of carbonyl (C=O) groups excluding carboxylic acids is 3. The maximum absolute atomic E-state index is 13.3. The van der Waals surface area contributed by atoms with Crippen LogP contribution in [-0.4, -0.2) is 49.6 Å². The molecule has 6 heteroatoms. The third-order valence-electron chi connectivity index (χ3n) is 6.21. The molecule has 1 amide bonds. The summed E-state index contributed by atoms with van der Waals surface area (Å²) in [4.78, 5) is 39.6. The second-order valence-electron chi connectivity index (χ2n) is 8.92. The summed E-state index contributed by atoms with van der Waals surface area (Å²) in [6, 6.07) is 21.1. The molecule has 0 heterocycles. The summed E-state index contributed by atoms with van der Waals surface area (Å²) in [5.41, 5.74) is 3.07. The van der Waals surface area contributed by atoms with E-state index in [1.165, 1.54) is 24.7 Å². The molecule has 0 aliphatic rings. The number of benzene rings is 3. The standard InChI is InChI=1S/C29H33NO5/c1-20(2)23-13-9-22(10-14-23)18-26(29(33)35-4)30(19-28(32)34-3)27(31)16-12-21-11-15-24-7-5-6-8-25(24)17-21/h5-11,13-15,17,20,26H,12,16,18-19H2,1-4H3. The third kappa shape index (κ3) is 6.92. The molecule has 3 rings (SSSR count). The van der Waals surface area contributed by atoms with Crippen LogP contribution >= 0.6 is 0 Å². The van der Waals surface area contributed by atoms with Gasteiger partial charge in [0.25, 0.3) is 0 Å². The predicted octanol–water partition coefficient (Wildman–Crippen LogP) is 4.68. The fourth-order valence-electron chi connectivity index (χ4n) is 4.08. The van der Waals surface area contributed by atoms with Gasteiger partial charge in [-0.05, 0) is 39.8 Å². The van der Waals surface area contributed by atoms with Crippen molar-refractivity contribution in [2.75, 3.05) is 20.8 Å². The van der Waals surface area contributed by atoms with Crippen molar-refractivity contribution in [2.45, 2.75) is 45.1 Å². The Morgan fingerprint density at radius 2 is 1.49 bits per heavy atom. The number of hydrogen-bond donors (Lipinski definition) is 0. The molecule has 0 spiro atoms. The van der Waals surface area contributed by atoms with Crippen molar-refractivity contribution in [3.05, 3.63) is 83.4 Å². The molecule has 3 aromatic carbocycles. The van der Waals surface area contributed by atoms with Crippen LogP contribution in [0.25, 0.3) is 10.8 Å². The molecule has 0 aliphatic carbocycles. The average molecular weight is 476 g/mol. The van der Waals surface area contributed by atoms with Crippen molar-refractivity contribution in [3.63, 3.8) is 0 Å². The van der Waals surface area contributed by atoms with Crippen LogP contribution in [0.5, 0.6) is 0 Å². The highest BCUT2D eigenvalue weighted by Crippen LogP contribution is 2.20. The van der Waals surface area contributed by atoms with Gasteiger partial charge in [0.15, 0.2) is 0 Å². The molecule has 0 saturated heterocycles. The average Bonchev–Trinajstić information content (AvgIpc) is 2.88. The van der Waals surface area contributed by atoms with Gasteiger partial charge in [0.2, 0.25) is 5.91 Å². The molecule has 0 aromatic heterocycles. The van der Waals surface area contributed by atoms with Crippen molar-refractivity contribution in [1.82, 2.24) is 4.90 Å². The highest BCUT2D eigenvalue weighted by molar-refractivity contribution is 5.88. The maximum Gasteiger partial charge on any atom is 0.328 e. The number of nitrogens with zero attached hydrogens (tertiary/aromatic N) is 1. The molecule has 0 saturated carbocycles. The smallest absolute Gasteiger partial charge is 0.328 e. The molecule has 184 valence electrons. The monoisotopic (exact) mass is 475 g/mol. The fraction of sp³-hybridized carbons (Fsp3) is 0.345. The zero-order valence-corrected chi connectivity index (χ0v) is 20.8. The van der Waals surface area contributed by atoms with Gasteiger partial charge < -0.3 is 14.4 Å². The Hall–Kier alpha value is -3.67. The summed E-state index contributed by atoms with van der Waals surface area (Å²) in [6.45, 7) is 3.90. The number of hydrogen-bond acceptors (Lipinski definition) is 5. The molecule has 6 nitrogen and oxygen atoms in total. The van der Waals surface area contributed by atoms with Crippen LogP contribution in [0.2, 0.25) is 0 Å². The van der Waals surface area contributed by atoms with E-state index in [2.05, 4.69) is 19.9 Å². The molecule has 1 unspecified atom stereocenters. The Labute approximate surface area is 206 Å². The zero-order valence-electron chi connectivity index (χ0n) is 20.8. The Morgan fingerprint density at radius 1 is 0.829 bits per heavy atom. The van der Waals surface area contributed by atoms with Crippen molar-refractivity contribution in [2.24, 2.45) is 0 Å². The van der Waals surface area contributed by atoms with Crippen molar-refractivity contribution < 1.29 is 23.9 Å². The first-order valence-corrected chi connectivity index (χ1v) is 11.8. The number of fused-ring (bicyclic) bond motifs is 1. The van der Waals surface area contributed by atoms with E-state index in [1.54, 1.807) is 0 Å². The fourth-order valence-corrected chi connectivity index (χ4v) is 4.08. The number of carbonyl (C=O) groups is 3. The lowest BCUT2D eigenvalue weighted by molar-refractivity contribution is -0.157. The van der Waals surface area contributed by atoms with Gasteiger partial charge in [0.05, 0.1) is 14.2 Å². The molecular weight excluding hydrogens is 442 g/mol. The summed E-state index contributed by atoms with van der Waals surface area (Å²) in [6.07, 6.45) is 0.872. The first kappa shape index (κ1) is 25.9. The van der Waals surface area contributed by atoms with Crippen LogP contribution in [0.4, 0.5) is 0 Å². The Bertz CT molecular complexity index is 1170. The number of aryl methyl sites for hydroxylation is 1. The van der Waals surface area contributed by atoms with Gasteiger partial charge >= 0.3 is 11.9 Å². The molecule has 3 aromatic rings. The summed E-state index contributed by atoms with van der Waals surface area (Å²) >= 11 is 0. The number of methoxy groups -OCH3 is 2. The van der Waals surface area contributed by atoms with Gasteiger partial charge in [-0.2, -0.15) is 0 Å². The highest BCUT2D eigenvalue weighted by atomic mass is 16.5. The minimum atomic E-state index is -0.937. The normalized spacial score (nSPS) is 11.8. The van der Waals surface area contributed by atoms with E-state index in [9.17, 15) is 14.4 Å². The Morgan fingerprint density at radius 3 is 2.11 bits per heavy atom. The van der Waals surface area contributed by atoms with Crippen molar-refractivity contribution >= 4 is 28.6 Å². The SMILES string of the molecule is COC(=O)CN(C(=O)CCc1ccc2ccccc2c1)C(Cc1ccc(C(C)C)cc1)C(=O)OC. The topological polar surface area (TPSA) is 72.9 Å². The van der Waals surface area contributed by atoms with Gasteiger partial charge in [0, 0.05) is 12.8 Å². The molecule has 1 atom stereocenters. The minimum absolute atomic E-state index is 0.148. The van der Waals surface area contributed by atoms with Crippen molar-refractivity contribution in [3.8, 4) is 0 Å². The zero-order chi connectivity index (χ0) is 25.4. The largest absolute Gasteiger partial charge is 0.468 e. The molecule has 35 heavy (non-hydrogen) atoms. The molecule has 0 N–H and O–H groups in total. The van der Waals surface area contributed by atoms with Gasteiger partial charge in [-0.1, -0.05) is 80.6 Å². The van der Waals surface area contributed by atoms with Crippen LogP contribution in [0.3, 0.4) is 0 Å². The number of amides is 1. The predicted molar refractivity (Wildman–Crippen MR) is 136 cm³/mol. The first-order valence-electron chi connectivity index (χ1n) is 11.8. The van der Waals surface area contributed by atoms with E-state index >= 15 is 0 Å². The lowest BCUT2D eigenvalue weighted by atomic mass is 9.98. The van der Waals surface area contributed by atoms with Crippen LogP contribution < -0.4 is 0 Å². The third-order valence-corrected chi connectivity index (χ3v) is 6.21. The van der Waals surface area contributed by atoms with E-state index in [4.69, 9.17) is 9.47 Å². The van der Waals surface area contributed by atoms with Gasteiger partial charge in [-0.25, -0.2) is 4.79 Å². The maximum atomic E-state index is 13.3. The van der Waals surface area contributed by atoms with Crippen LogP contribution in [0, 0.1) is 0 Å². The molecule has 0 fully saturated rings. The Balaban J connectivity index is 1.81.